The molecule has 0 aliphatic heterocycles. The van der Waals surface area contributed by atoms with Gasteiger partial charge in [-0.05, 0) is 51.0 Å². The number of nitrogens with one attached hydrogen (secondary N) is 2. The van der Waals surface area contributed by atoms with Gasteiger partial charge in [-0.3, -0.25) is 10.1 Å². The summed E-state index contributed by atoms with van der Waals surface area (Å²) in [7, 11) is 0. The Kier molecular flexibility index (Phi) is 6.19. The monoisotopic (exact) mass is 320 g/mol. The lowest BCUT2D eigenvalue weighted by atomic mass is 9.96. The van der Waals surface area contributed by atoms with Crippen molar-refractivity contribution in [3.05, 3.63) is 29.8 Å². The van der Waals surface area contributed by atoms with E-state index < -0.39 is 0 Å². The Labute approximate surface area is 137 Å². The molecule has 1 fully saturated rings. The minimum atomic E-state index is -0.232. The zero-order chi connectivity index (χ0) is 15.9. The van der Waals surface area contributed by atoms with Crippen LogP contribution in [0.3, 0.4) is 0 Å². The second kappa shape index (κ2) is 8.13. The number of carbonyl (C=O) groups excluding carboxylic acids is 1. The van der Waals surface area contributed by atoms with Crippen LogP contribution >= 0.6 is 12.2 Å². The van der Waals surface area contributed by atoms with E-state index >= 15 is 0 Å². The first-order chi connectivity index (χ1) is 10.6. The fourth-order valence-corrected chi connectivity index (χ4v) is 2.91. The van der Waals surface area contributed by atoms with Crippen molar-refractivity contribution in [2.45, 2.75) is 58.1 Å². The number of amides is 1. The Morgan fingerprint density at radius 1 is 1.23 bits per heavy atom. The van der Waals surface area contributed by atoms with Crippen LogP contribution in [0.4, 0.5) is 0 Å². The van der Waals surface area contributed by atoms with E-state index in [-0.39, 0.29) is 12.0 Å². The van der Waals surface area contributed by atoms with Crippen molar-refractivity contribution in [1.82, 2.24) is 10.6 Å². The largest absolute Gasteiger partial charge is 0.490 e. The normalized spacial score (nSPS) is 15.4. The summed E-state index contributed by atoms with van der Waals surface area (Å²) in [6.45, 7) is 3.87. The third kappa shape index (κ3) is 4.98. The molecule has 1 saturated carbocycles. The number of benzene rings is 1. The highest BCUT2D eigenvalue weighted by Crippen LogP contribution is 2.20. The van der Waals surface area contributed by atoms with E-state index in [1.54, 1.807) is 12.1 Å². The Morgan fingerprint density at radius 2 is 1.91 bits per heavy atom. The van der Waals surface area contributed by atoms with Crippen LogP contribution in [0.15, 0.2) is 24.3 Å². The molecule has 0 saturated heterocycles. The van der Waals surface area contributed by atoms with Gasteiger partial charge in [-0.1, -0.05) is 31.4 Å². The third-order valence-corrected chi connectivity index (χ3v) is 3.88. The molecule has 1 amide bonds. The zero-order valence-electron chi connectivity index (χ0n) is 13.2. The highest BCUT2D eigenvalue weighted by atomic mass is 32.1. The standard InChI is InChI=1S/C17H24N2O2S/c1-12(2)21-15-11-7-6-10-14(15)16(20)19-17(22)18-13-8-4-3-5-9-13/h6-7,10-13H,3-5,8-9H2,1-2H3,(H2,18,19,20,22). The van der Waals surface area contributed by atoms with Gasteiger partial charge in [-0.15, -0.1) is 0 Å². The van der Waals surface area contributed by atoms with Crippen LogP contribution in [0.5, 0.6) is 5.75 Å². The minimum Gasteiger partial charge on any atom is -0.490 e. The lowest BCUT2D eigenvalue weighted by Gasteiger charge is -2.24. The average Bonchev–Trinajstić information content (AvgIpc) is 2.48. The smallest absolute Gasteiger partial charge is 0.261 e. The van der Waals surface area contributed by atoms with Gasteiger partial charge in [-0.25, -0.2) is 0 Å². The van der Waals surface area contributed by atoms with Crippen LogP contribution in [0.1, 0.15) is 56.3 Å². The Bertz CT molecular complexity index is 525. The van der Waals surface area contributed by atoms with Crippen LogP contribution < -0.4 is 15.4 Å². The van der Waals surface area contributed by atoms with Gasteiger partial charge in [-0.2, -0.15) is 0 Å². The molecule has 1 aromatic rings. The molecule has 1 aliphatic carbocycles. The van der Waals surface area contributed by atoms with E-state index in [2.05, 4.69) is 10.6 Å². The molecule has 22 heavy (non-hydrogen) atoms. The second-order valence-corrected chi connectivity index (χ2v) is 6.33. The maximum Gasteiger partial charge on any atom is 0.261 e. The van der Waals surface area contributed by atoms with Crippen LogP contribution in [-0.2, 0) is 0 Å². The number of hydrogen-bond donors (Lipinski definition) is 2. The Morgan fingerprint density at radius 3 is 2.59 bits per heavy atom. The molecule has 0 atom stereocenters. The highest BCUT2D eigenvalue weighted by Gasteiger charge is 2.17. The molecule has 0 radical (unpaired) electrons. The van der Waals surface area contributed by atoms with Crippen molar-refractivity contribution in [2.24, 2.45) is 0 Å². The van der Waals surface area contributed by atoms with E-state index in [4.69, 9.17) is 17.0 Å². The summed E-state index contributed by atoms with van der Waals surface area (Å²) in [5.74, 6) is 0.347. The molecular formula is C17H24N2O2S. The first-order valence-electron chi connectivity index (χ1n) is 7.94. The molecule has 120 valence electrons. The van der Waals surface area contributed by atoms with E-state index in [1.165, 1.54) is 19.3 Å². The number of para-hydroxylation sites is 1. The molecule has 2 N–H and O–H groups in total. The van der Waals surface area contributed by atoms with E-state index in [1.807, 2.05) is 26.0 Å². The lowest BCUT2D eigenvalue weighted by Crippen LogP contribution is -2.45. The van der Waals surface area contributed by atoms with Crippen molar-refractivity contribution in [3.63, 3.8) is 0 Å². The van der Waals surface area contributed by atoms with Crippen molar-refractivity contribution in [2.75, 3.05) is 0 Å². The van der Waals surface area contributed by atoms with Gasteiger partial charge in [0.25, 0.3) is 5.91 Å². The number of hydrogen-bond acceptors (Lipinski definition) is 3. The molecule has 4 nitrogen and oxygen atoms in total. The van der Waals surface area contributed by atoms with Crippen LogP contribution in [0.2, 0.25) is 0 Å². The number of ether oxygens (including phenoxy) is 1. The number of rotatable bonds is 4. The molecule has 1 aromatic carbocycles. The third-order valence-electron chi connectivity index (χ3n) is 3.66. The fourth-order valence-electron chi connectivity index (χ4n) is 2.65. The molecule has 0 heterocycles. The van der Waals surface area contributed by atoms with Gasteiger partial charge in [0.05, 0.1) is 11.7 Å². The van der Waals surface area contributed by atoms with Gasteiger partial charge >= 0.3 is 0 Å². The molecule has 0 aromatic heterocycles. The second-order valence-electron chi connectivity index (χ2n) is 5.93. The molecule has 1 aliphatic rings. The lowest BCUT2D eigenvalue weighted by molar-refractivity contribution is 0.0970. The average molecular weight is 320 g/mol. The summed E-state index contributed by atoms with van der Waals surface area (Å²) in [4.78, 5) is 12.4. The maximum absolute atomic E-state index is 12.4. The number of thiocarbonyl (C=S) groups is 1. The van der Waals surface area contributed by atoms with E-state index in [0.29, 0.717) is 22.5 Å². The van der Waals surface area contributed by atoms with Gasteiger partial charge in [0.1, 0.15) is 5.75 Å². The zero-order valence-corrected chi connectivity index (χ0v) is 14.0. The molecule has 0 bridgehead atoms. The molecular weight excluding hydrogens is 296 g/mol. The topological polar surface area (TPSA) is 50.4 Å². The summed E-state index contributed by atoms with van der Waals surface area (Å²) in [6, 6.07) is 7.60. The quantitative estimate of drug-likeness (QED) is 0.835. The summed E-state index contributed by atoms with van der Waals surface area (Å²) < 4.78 is 5.67. The van der Waals surface area contributed by atoms with Crippen molar-refractivity contribution >= 4 is 23.2 Å². The minimum absolute atomic E-state index is 0.0151. The van der Waals surface area contributed by atoms with Crippen molar-refractivity contribution < 1.29 is 9.53 Å². The molecule has 0 spiro atoms. The van der Waals surface area contributed by atoms with E-state index in [0.717, 1.165) is 12.8 Å². The summed E-state index contributed by atoms with van der Waals surface area (Å²) >= 11 is 5.26. The first-order valence-corrected chi connectivity index (χ1v) is 8.34. The van der Waals surface area contributed by atoms with Gasteiger partial charge in [0.15, 0.2) is 5.11 Å². The first kappa shape index (κ1) is 16.7. The molecule has 0 unspecified atom stereocenters. The maximum atomic E-state index is 12.4. The number of carbonyl (C=O) groups is 1. The van der Waals surface area contributed by atoms with Gasteiger partial charge in [0, 0.05) is 6.04 Å². The predicted molar refractivity (Wildman–Crippen MR) is 92.3 cm³/mol. The highest BCUT2D eigenvalue weighted by molar-refractivity contribution is 7.80. The van der Waals surface area contributed by atoms with Crippen LogP contribution in [-0.4, -0.2) is 23.2 Å². The predicted octanol–water partition coefficient (Wildman–Crippen LogP) is 3.41. The Hall–Kier alpha value is -1.62. The SMILES string of the molecule is CC(C)Oc1ccccc1C(=O)NC(=S)NC1CCCCC1. The van der Waals surface area contributed by atoms with Crippen molar-refractivity contribution in [1.29, 1.82) is 0 Å². The van der Waals surface area contributed by atoms with Crippen LogP contribution in [0.25, 0.3) is 0 Å². The van der Waals surface area contributed by atoms with E-state index in [9.17, 15) is 4.79 Å². The van der Waals surface area contributed by atoms with Gasteiger partial charge < -0.3 is 10.1 Å². The summed E-state index contributed by atoms with van der Waals surface area (Å²) in [5, 5.41) is 6.40. The fraction of sp³-hybridized carbons (Fsp3) is 0.529. The molecule has 2 rings (SSSR count). The summed E-state index contributed by atoms with van der Waals surface area (Å²) in [5.41, 5.74) is 0.504. The van der Waals surface area contributed by atoms with Crippen LogP contribution in [0, 0.1) is 0 Å². The summed E-state index contributed by atoms with van der Waals surface area (Å²) in [6.07, 6.45) is 5.98. The Balaban J connectivity index is 1.95. The molecule has 5 heteroatoms. The van der Waals surface area contributed by atoms with Gasteiger partial charge in [0.2, 0.25) is 0 Å². The van der Waals surface area contributed by atoms with Crippen molar-refractivity contribution in [3.8, 4) is 5.75 Å².